The van der Waals surface area contributed by atoms with Gasteiger partial charge in [0.1, 0.15) is 5.75 Å². The van der Waals surface area contributed by atoms with Gasteiger partial charge in [-0.05, 0) is 12.8 Å². The van der Waals surface area contributed by atoms with Gasteiger partial charge < -0.3 is 20.1 Å². The Bertz CT molecular complexity index is 586. The first-order valence-corrected chi connectivity index (χ1v) is 6.74. The number of carbonyl (C=O) groups is 2. The van der Waals surface area contributed by atoms with Crippen LogP contribution in [0.1, 0.15) is 12.8 Å². The average Bonchev–Trinajstić information content (AvgIpc) is 2.50. The highest BCUT2D eigenvalue weighted by Gasteiger charge is 2.27. The van der Waals surface area contributed by atoms with Crippen LogP contribution in [-0.2, 0) is 4.79 Å². The van der Waals surface area contributed by atoms with E-state index in [2.05, 4.69) is 5.32 Å². The number of ether oxygens (including phenoxy) is 1. The molecule has 0 spiro atoms. The average molecular weight is 314 g/mol. The van der Waals surface area contributed by atoms with Gasteiger partial charge in [0, 0.05) is 25.2 Å². The molecule has 0 aliphatic carbocycles. The SMILES string of the molecule is COc1cc(F)c(F)cc1NC(=O)N1CCC(C(=O)O)CC1. The van der Waals surface area contributed by atoms with Gasteiger partial charge in [0.2, 0.25) is 0 Å². The minimum Gasteiger partial charge on any atom is -0.494 e. The third-order valence-electron chi connectivity index (χ3n) is 3.62. The van der Waals surface area contributed by atoms with Gasteiger partial charge in [-0.2, -0.15) is 0 Å². The van der Waals surface area contributed by atoms with Gasteiger partial charge in [-0.25, -0.2) is 13.6 Å². The predicted octanol–water partition coefficient (Wildman–Crippen LogP) is 2.30. The maximum absolute atomic E-state index is 13.3. The first kappa shape index (κ1) is 16.0. The van der Waals surface area contributed by atoms with Gasteiger partial charge >= 0.3 is 12.0 Å². The summed E-state index contributed by atoms with van der Waals surface area (Å²) >= 11 is 0. The van der Waals surface area contributed by atoms with Crippen molar-refractivity contribution in [1.82, 2.24) is 4.90 Å². The summed E-state index contributed by atoms with van der Waals surface area (Å²) in [6.07, 6.45) is 0.718. The molecule has 1 aliphatic rings. The summed E-state index contributed by atoms with van der Waals surface area (Å²) in [6.45, 7) is 0.573. The van der Waals surface area contributed by atoms with Crippen molar-refractivity contribution in [3.63, 3.8) is 0 Å². The number of aliphatic carboxylic acids is 1. The number of halogens is 2. The van der Waals surface area contributed by atoms with Crippen molar-refractivity contribution in [2.75, 3.05) is 25.5 Å². The minimum atomic E-state index is -1.10. The molecule has 0 unspecified atom stereocenters. The van der Waals surface area contributed by atoms with Crippen molar-refractivity contribution in [3.8, 4) is 5.75 Å². The molecule has 1 aliphatic heterocycles. The summed E-state index contributed by atoms with van der Waals surface area (Å²) in [5.41, 5.74) is 0.0201. The zero-order valence-electron chi connectivity index (χ0n) is 11.9. The molecule has 8 heteroatoms. The second-order valence-electron chi connectivity index (χ2n) is 5.00. The first-order valence-electron chi connectivity index (χ1n) is 6.74. The molecule has 2 rings (SSSR count). The van der Waals surface area contributed by atoms with Crippen LogP contribution in [0.4, 0.5) is 19.3 Å². The number of nitrogens with one attached hydrogen (secondary N) is 1. The molecule has 0 radical (unpaired) electrons. The van der Waals surface area contributed by atoms with Crippen molar-refractivity contribution in [3.05, 3.63) is 23.8 Å². The monoisotopic (exact) mass is 314 g/mol. The van der Waals surface area contributed by atoms with E-state index in [-0.39, 0.29) is 24.5 Å². The molecule has 2 N–H and O–H groups in total. The molecular formula is C14H16F2N2O4. The number of rotatable bonds is 3. The smallest absolute Gasteiger partial charge is 0.321 e. The summed E-state index contributed by atoms with van der Waals surface area (Å²) in [5, 5.41) is 11.4. The van der Waals surface area contributed by atoms with Gasteiger partial charge in [0.25, 0.3) is 0 Å². The molecular weight excluding hydrogens is 298 g/mol. The molecule has 1 heterocycles. The van der Waals surface area contributed by atoms with Crippen LogP contribution in [0.3, 0.4) is 0 Å². The molecule has 22 heavy (non-hydrogen) atoms. The number of carbonyl (C=O) groups excluding carboxylic acids is 1. The molecule has 2 amide bonds. The van der Waals surface area contributed by atoms with E-state index in [4.69, 9.17) is 9.84 Å². The summed E-state index contributed by atoms with van der Waals surface area (Å²) in [7, 11) is 1.28. The molecule has 0 saturated carbocycles. The number of nitrogens with zero attached hydrogens (tertiary/aromatic N) is 1. The largest absolute Gasteiger partial charge is 0.494 e. The van der Waals surface area contributed by atoms with E-state index in [0.717, 1.165) is 12.1 Å². The molecule has 1 aromatic carbocycles. The summed E-state index contributed by atoms with van der Waals surface area (Å²) < 4.78 is 31.3. The molecule has 120 valence electrons. The maximum atomic E-state index is 13.3. The Morgan fingerprint density at radius 2 is 1.86 bits per heavy atom. The lowest BCUT2D eigenvalue weighted by molar-refractivity contribution is -0.143. The molecule has 1 fully saturated rings. The van der Waals surface area contributed by atoms with Crippen LogP contribution < -0.4 is 10.1 Å². The van der Waals surface area contributed by atoms with E-state index in [1.165, 1.54) is 12.0 Å². The van der Waals surface area contributed by atoms with Crippen LogP contribution >= 0.6 is 0 Å². The van der Waals surface area contributed by atoms with E-state index in [9.17, 15) is 18.4 Å². The van der Waals surface area contributed by atoms with E-state index in [1.807, 2.05) is 0 Å². The van der Waals surface area contributed by atoms with Crippen LogP contribution in [0.25, 0.3) is 0 Å². The molecule has 1 aromatic rings. The van der Waals surface area contributed by atoms with Crippen LogP contribution in [-0.4, -0.2) is 42.2 Å². The van der Waals surface area contributed by atoms with Crippen molar-refractivity contribution in [2.24, 2.45) is 5.92 Å². The number of carboxylic acids is 1. The Morgan fingerprint density at radius 1 is 1.27 bits per heavy atom. The normalized spacial score (nSPS) is 15.5. The first-order chi connectivity index (χ1) is 10.4. The van der Waals surface area contributed by atoms with Gasteiger partial charge in [-0.3, -0.25) is 4.79 Å². The number of carboxylic acid groups (broad SMARTS) is 1. The van der Waals surface area contributed by atoms with Crippen molar-refractivity contribution in [1.29, 1.82) is 0 Å². The summed E-state index contributed by atoms with van der Waals surface area (Å²) in [4.78, 5) is 24.4. The van der Waals surface area contributed by atoms with E-state index >= 15 is 0 Å². The second-order valence-corrected chi connectivity index (χ2v) is 5.00. The Kier molecular flexibility index (Phi) is 4.79. The fourth-order valence-electron chi connectivity index (χ4n) is 2.32. The van der Waals surface area contributed by atoms with Crippen LogP contribution in [0.5, 0.6) is 5.75 Å². The van der Waals surface area contributed by atoms with Gasteiger partial charge in [-0.15, -0.1) is 0 Å². The number of piperidine rings is 1. The van der Waals surface area contributed by atoms with Crippen LogP contribution in [0.2, 0.25) is 0 Å². The Morgan fingerprint density at radius 3 is 2.41 bits per heavy atom. The number of hydrogen-bond acceptors (Lipinski definition) is 3. The lowest BCUT2D eigenvalue weighted by Gasteiger charge is -2.30. The fourth-order valence-corrected chi connectivity index (χ4v) is 2.32. The number of hydrogen-bond donors (Lipinski definition) is 2. The molecule has 1 saturated heterocycles. The third-order valence-corrected chi connectivity index (χ3v) is 3.62. The van der Waals surface area contributed by atoms with Crippen LogP contribution in [0.15, 0.2) is 12.1 Å². The predicted molar refractivity (Wildman–Crippen MR) is 73.9 cm³/mol. The quantitative estimate of drug-likeness (QED) is 0.897. The van der Waals surface area contributed by atoms with E-state index in [0.29, 0.717) is 12.8 Å². The third kappa shape index (κ3) is 3.44. The van der Waals surface area contributed by atoms with E-state index < -0.39 is 29.6 Å². The van der Waals surface area contributed by atoms with Crippen molar-refractivity contribution < 1.29 is 28.2 Å². The molecule has 6 nitrogen and oxygen atoms in total. The fraction of sp³-hybridized carbons (Fsp3) is 0.429. The number of methoxy groups -OCH3 is 1. The topological polar surface area (TPSA) is 78.9 Å². The Labute approximate surface area is 125 Å². The number of amides is 2. The lowest BCUT2D eigenvalue weighted by atomic mass is 9.97. The Balaban J connectivity index is 2.04. The summed E-state index contributed by atoms with van der Waals surface area (Å²) in [5.74, 6) is -3.49. The highest BCUT2D eigenvalue weighted by Crippen LogP contribution is 2.28. The summed E-state index contributed by atoms with van der Waals surface area (Å²) in [6, 6.07) is 1.19. The van der Waals surface area contributed by atoms with Gasteiger partial charge in [0.05, 0.1) is 18.7 Å². The van der Waals surface area contributed by atoms with Crippen molar-refractivity contribution in [2.45, 2.75) is 12.8 Å². The Hall–Kier alpha value is -2.38. The zero-order valence-corrected chi connectivity index (χ0v) is 11.9. The highest BCUT2D eigenvalue weighted by molar-refractivity contribution is 5.91. The van der Waals surface area contributed by atoms with E-state index in [1.54, 1.807) is 0 Å². The zero-order chi connectivity index (χ0) is 16.3. The van der Waals surface area contributed by atoms with Gasteiger partial charge in [-0.1, -0.05) is 0 Å². The molecule has 0 atom stereocenters. The highest BCUT2D eigenvalue weighted by atomic mass is 19.2. The second kappa shape index (κ2) is 6.59. The number of benzene rings is 1. The molecule has 0 aromatic heterocycles. The van der Waals surface area contributed by atoms with Crippen molar-refractivity contribution >= 4 is 17.7 Å². The van der Waals surface area contributed by atoms with Crippen LogP contribution in [0, 0.1) is 17.6 Å². The number of likely N-dealkylation sites (tertiary alicyclic amines) is 1. The standard InChI is InChI=1S/C14H16F2N2O4/c1-22-12-7-10(16)9(15)6-11(12)17-14(21)18-4-2-8(3-5-18)13(19)20/h6-8H,2-5H2,1H3,(H,17,21)(H,19,20). The number of anilines is 1. The minimum absolute atomic E-state index is 0.00710. The maximum Gasteiger partial charge on any atom is 0.321 e. The number of urea groups is 1. The lowest BCUT2D eigenvalue weighted by Crippen LogP contribution is -2.42. The molecule has 0 bridgehead atoms. The van der Waals surface area contributed by atoms with Gasteiger partial charge in [0.15, 0.2) is 11.6 Å².